The summed E-state index contributed by atoms with van der Waals surface area (Å²) < 4.78 is 27.0. The van der Waals surface area contributed by atoms with E-state index in [4.69, 9.17) is 0 Å². The van der Waals surface area contributed by atoms with Crippen molar-refractivity contribution in [2.24, 2.45) is 0 Å². The lowest BCUT2D eigenvalue weighted by molar-refractivity contribution is 0.581. The standard InChI is InChI=1S/C20H18NO2S/c22-24(23,20-9-5-2-6-10-20)21-16-19-13-11-18(12-14-19)15-17-7-3-1-4-8-17/h1-3,5-14,21H,15-16H2. The van der Waals surface area contributed by atoms with Gasteiger partial charge in [-0.05, 0) is 41.3 Å². The lowest BCUT2D eigenvalue weighted by Gasteiger charge is -2.08. The molecule has 0 saturated carbocycles. The zero-order chi connectivity index (χ0) is 16.8. The van der Waals surface area contributed by atoms with Crippen LogP contribution in [0.25, 0.3) is 0 Å². The van der Waals surface area contributed by atoms with Crippen LogP contribution in [0.5, 0.6) is 0 Å². The van der Waals surface area contributed by atoms with Crippen molar-refractivity contribution in [3.8, 4) is 0 Å². The molecule has 1 radical (unpaired) electrons. The van der Waals surface area contributed by atoms with Gasteiger partial charge in [-0.1, -0.05) is 66.7 Å². The van der Waals surface area contributed by atoms with E-state index < -0.39 is 10.0 Å². The van der Waals surface area contributed by atoms with Crippen LogP contribution in [0.3, 0.4) is 0 Å². The molecule has 0 bridgehead atoms. The molecular weight excluding hydrogens is 318 g/mol. The topological polar surface area (TPSA) is 46.2 Å². The molecule has 0 unspecified atom stereocenters. The van der Waals surface area contributed by atoms with Gasteiger partial charge in [0, 0.05) is 6.54 Å². The minimum absolute atomic E-state index is 0.274. The van der Waals surface area contributed by atoms with Gasteiger partial charge in [0.1, 0.15) is 0 Å². The Hall–Kier alpha value is -2.43. The molecule has 4 heteroatoms. The molecule has 0 aliphatic carbocycles. The molecule has 24 heavy (non-hydrogen) atoms. The maximum absolute atomic E-state index is 12.2. The van der Waals surface area contributed by atoms with E-state index in [2.05, 4.69) is 16.9 Å². The Morgan fingerprint density at radius 2 is 1.50 bits per heavy atom. The maximum atomic E-state index is 12.2. The summed E-state index contributed by atoms with van der Waals surface area (Å²) in [7, 11) is -3.47. The third kappa shape index (κ3) is 4.31. The molecule has 0 aliphatic rings. The van der Waals surface area contributed by atoms with Crippen molar-refractivity contribution < 1.29 is 8.42 Å². The molecule has 3 rings (SSSR count). The summed E-state index contributed by atoms with van der Waals surface area (Å²) in [5, 5.41) is 0. The van der Waals surface area contributed by atoms with Crippen LogP contribution in [0.4, 0.5) is 0 Å². The Bertz CT molecular complexity index is 874. The summed E-state index contributed by atoms with van der Waals surface area (Å²) in [6, 6.07) is 27.3. The molecule has 0 aliphatic heterocycles. The summed E-state index contributed by atoms with van der Waals surface area (Å²) in [5.74, 6) is 0. The van der Waals surface area contributed by atoms with E-state index in [9.17, 15) is 8.42 Å². The van der Waals surface area contributed by atoms with Crippen molar-refractivity contribution in [1.82, 2.24) is 4.72 Å². The lowest BCUT2D eigenvalue weighted by atomic mass is 10.0. The SMILES string of the molecule is O=S(=O)(NCc1ccc(Cc2c[c]ccc2)cc1)c1ccccc1. The van der Waals surface area contributed by atoms with Crippen LogP contribution in [-0.4, -0.2) is 8.42 Å². The molecule has 3 nitrogen and oxygen atoms in total. The molecule has 0 saturated heterocycles. The highest BCUT2D eigenvalue weighted by Gasteiger charge is 2.12. The van der Waals surface area contributed by atoms with E-state index in [0.29, 0.717) is 0 Å². The third-order valence-electron chi connectivity index (χ3n) is 3.72. The first kappa shape index (κ1) is 16.4. The minimum Gasteiger partial charge on any atom is -0.207 e. The highest BCUT2D eigenvalue weighted by molar-refractivity contribution is 7.89. The summed E-state index contributed by atoms with van der Waals surface area (Å²) in [4.78, 5) is 0.280. The first-order valence-corrected chi connectivity index (χ1v) is 9.19. The van der Waals surface area contributed by atoms with Gasteiger partial charge in [0.2, 0.25) is 10.0 Å². The lowest BCUT2D eigenvalue weighted by Crippen LogP contribution is -2.23. The number of hydrogen-bond donors (Lipinski definition) is 1. The van der Waals surface area contributed by atoms with Crippen LogP contribution >= 0.6 is 0 Å². The van der Waals surface area contributed by atoms with Gasteiger partial charge < -0.3 is 0 Å². The van der Waals surface area contributed by atoms with Gasteiger partial charge in [0.25, 0.3) is 0 Å². The Morgan fingerprint density at radius 3 is 2.17 bits per heavy atom. The summed E-state index contributed by atoms with van der Waals surface area (Å²) in [5.41, 5.74) is 3.32. The summed E-state index contributed by atoms with van der Waals surface area (Å²) >= 11 is 0. The molecule has 1 N–H and O–H groups in total. The smallest absolute Gasteiger partial charge is 0.207 e. The number of hydrogen-bond acceptors (Lipinski definition) is 2. The van der Waals surface area contributed by atoms with Crippen LogP contribution in [0.2, 0.25) is 0 Å². The fourth-order valence-electron chi connectivity index (χ4n) is 2.41. The predicted octanol–water partition coefficient (Wildman–Crippen LogP) is 3.56. The van der Waals surface area contributed by atoms with E-state index in [1.807, 2.05) is 42.5 Å². The van der Waals surface area contributed by atoms with E-state index in [-0.39, 0.29) is 11.4 Å². The van der Waals surface area contributed by atoms with Gasteiger partial charge in [-0.25, -0.2) is 13.1 Å². The molecular formula is C20H18NO2S. The molecule has 0 fully saturated rings. The van der Waals surface area contributed by atoms with E-state index in [1.54, 1.807) is 30.3 Å². The van der Waals surface area contributed by atoms with Gasteiger partial charge in [0.15, 0.2) is 0 Å². The van der Waals surface area contributed by atoms with Crippen LogP contribution in [0, 0.1) is 6.07 Å². The largest absolute Gasteiger partial charge is 0.240 e. The Labute approximate surface area is 143 Å². The van der Waals surface area contributed by atoms with Crippen LogP contribution in [-0.2, 0) is 23.0 Å². The minimum atomic E-state index is -3.47. The van der Waals surface area contributed by atoms with Crippen molar-refractivity contribution in [3.63, 3.8) is 0 Å². The van der Waals surface area contributed by atoms with Crippen molar-refractivity contribution in [1.29, 1.82) is 0 Å². The zero-order valence-electron chi connectivity index (χ0n) is 13.1. The number of benzene rings is 3. The van der Waals surface area contributed by atoms with E-state index in [0.717, 1.165) is 12.0 Å². The summed E-state index contributed by atoms with van der Waals surface area (Å²) in [6.45, 7) is 0.274. The van der Waals surface area contributed by atoms with Crippen molar-refractivity contribution >= 4 is 10.0 Å². The quantitative estimate of drug-likeness (QED) is 0.748. The summed E-state index contributed by atoms with van der Waals surface area (Å²) in [6.07, 6.45) is 0.841. The Morgan fingerprint density at radius 1 is 0.792 bits per heavy atom. The van der Waals surface area contributed by atoms with Crippen LogP contribution < -0.4 is 4.72 Å². The zero-order valence-corrected chi connectivity index (χ0v) is 14.0. The van der Waals surface area contributed by atoms with Gasteiger partial charge in [-0.15, -0.1) is 0 Å². The average Bonchev–Trinajstić information content (AvgIpc) is 2.63. The Balaban J connectivity index is 1.62. The van der Waals surface area contributed by atoms with Crippen molar-refractivity contribution in [2.45, 2.75) is 17.9 Å². The average molecular weight is 336 g/mol. The monoisotopic (exact) mass is 336 g/mol. The van der Waals surface area contributed by atoms with Crippen LogP contribution in [0.15, 0.2) is 83.8 Å². The second kappa shape index (κ2) is 7.43. The molecule has 0 amide bonds. The number of rotatable bonds is 6. The van der Waals surface area contributed by atoms with Gasteiger partial charge in [-0.3, -0.25) is 0 Å². The van der Waals surface area contributed by atoms with Gasteiger partial charge >= 0.3 is 0 Å². The van der Waals surface area contributed by atoms with Crippen molar-refractivity contribution in [3.05, 3.63) is 102 Å². The molecule has 121 valence electrons. The first-order valence-electron chi connectivity index (χ1n) is 7.71. The molecule has 0 aromatic heterocycles. The normalized spacial score (nSPS) is 11.3. The molecule has 3 aromatic carbocycles. The van der Waals surface area contributed by atoms with Crippen molar-refractivity contribution in [2.75, 3.05) is 0 Å². The maximum Gasteiger partial charge on any atom is 0.240 e. The second-order valence-corrected chi connectivity index (χ2v) is 7.31. The molecule has 0 heterocycles. The van der Waals surface area contributed by atoms with Gasteiger partial charge in [-0.2, -0.15) is 0 Å². The van der Waals surface area contributed by atoms with Gasteiger partial charge in [0.05, 0.1) is 4.90 Å². The fraction of sp³-hybridized carbons (Fsp3) is 0.100. The highest BCUT2D eigenvalue weighted by atomic mass is 32.2. The molecule has 3 aromatic rings. The highest BCUT2D eigenvalue weighted by Crippen LogP contribution is 2.12. The third-order valence-corrected chi connectivity index (χ3v) is 5.14. The fourth-order valence-corrected chi connectivity index (χ4v) is 3.45. The number of nitrogens with one attached hydrogen (secondary N) is 1. The first-order chi connectivity index (χ1) is 11.6. The van der Waals surface area contributed by atoms with E-state index >= 15 is 0 Å². The number of sulfonamides is 1. The Kier molecular flexibility index (Phi) is 5.08. The predicted molar refractivity (Wildman–Crippen MR) is 95.0 cm³/mol. The second-order valence-electron chi connectivity index (χ2n) is 5.54. The van der Waals surface area contributed by atoms with E-state index in [1.165, 1.54) is 11.1 Å². The molecule has 0 atom stereocenters. The van der Waals surface area contributed by atoms with Crippen LogP contribution in [0.1, 0.15) is 16.7 Å². The molecule has 0 spiro atoms.